The summed E-state index contributed by atoms with van der Waals surface area (Å²) < 4.78 is 9.94. The first-order valence-electron chi connectivity index (χ1n) is 9.02. The van der Waals surface area contributed by atoms with Crippen LogP contribution in [0.1, 0.15) is 90.9 Å². The highest BCUT2D eigenvalue weighted by Gasteiger charge is 2.08. The Morgan fingerprint density at radius 1 is 0.652 bits per heavy atom. The molecule has 0 rings (SSSR count). The van der Waals surface area contributed by atoms with Crippen LogP contribution in [0, 0.1) is 0 Å². The van der Waals surface area contributed by atoms with E-state index in [0.29, 0.717) is 13.0 Å². The average molecular weight is 331 g/mol. The Morgan fingerprint density at radius 3 is 1.78 bits per heavy atom. The molecule has 0 aromatic carbocycles. The molecule has 23 heavy (non-hydrogen) atoms. The van der Waals surface area contributed by atoms with Crippen molar-refractivity contribution in [3.63, 3.8) is 0 Å². The minimum Gasteiger partial charge on any atom is -0.463 e. The second-order valence-corrected chi connectivity index (χ2v) is 5.81. The number of hydrogen-bond donors (Lipinski definition) is 1. The van der Waals surface area contributed by atoms with Gasteiger partial charge in [0.05, 0.1) is 6.61 Å². The van der Waals surface area contributed by atoms with E-state index in [9.17, 15) is 9.59 Å². The summed E-state index contributed by atoms with van der Waals surface area (Å²) in [4.78, 5) is 22.8. The fourth-order valence-electron chi connectivity index (χ4n) is 2.19. The zero-order valence-corrected chi connectivity index (χ0v) is 15.2. The van der Waals surface area contributed by atoms with Gasteiger partial charge in [-0.05, 0) is 12.8 Å². The molecule has 0 fully saturated rings. The van der Waals surface area contributed by atoms with Crippen LogP contribution in [0.4, 0.5) is 0 Å². The maximum Gasteiger partial charge on any atom is 0.344 e. The average Bonchev–Trinajstić information content (AvgIpc) is 2.52. The SMILES string of the molecule is CCCCCCCCC(=O)OCC(=O)OCCCCCCC.N. The number of unbranched alkanes of at least 4 members (excludes halogenated alkanes) is 9. The van der Waals surface area contributed by atoms with Gasteiger partial charge in [0.15, 0.2) is 6.61 Å². The van der Waals surface area contributed by atoms with Crippen LogP contribution < -0.4 is 6.15 Å². The van der Waals surface area contributed by atoms with E-state index in [0.717, 1.165) is 25.7 Å². The molecule has 0 atom stereocenters. The lowest BCUT2D eigenvalue weighted by Crippen LogP contribution is -2.16. The number of carbonyl (C=O) groups is 2. The van der Waals surface area contributed by atoms with E-state index in [1.165, 1.54) is 44.9 Å². The largest absolute Gasteiger partial charge is 0.463 e. The van der Waals surface area contributed by atoms with Gasteiger partial charge in [0.25, 0.3) is 0 Å². The number of ether oxygens (including phenoxy) is 2. The summed E-state index contributed by atoms with van der Waals surface area (Å²) in [6.07, 6.45) is 12.8. The van der Waals surface area contributed by atoms with Gasteiger partial charge >= 0.3 is 11.9 Å². The van der Waals surface area contributed by atoms with E-state index < -0.39 is 5.97 Å². The Balaban J connectivity index is 0. The predicted molar refractivity (Wildman–Crippen MR) is 93.7 cm³/mol. The first-order chi connectivity index (χ1) is 10.7. The van der Waals surface area contributed by atoms with Crippen molar-refractivity contribution in [2.45, 2.75) is 90.9 Å². The Labute approximate surface area is 142 Å². The molecule has 0 saturated carbocycles. The predicted octanol–water partition coefficient (Wildman–Crippen LogP) is 4.96. The smallest absolute Gasteiger partial charge is 0.344 e. The first kappa shape index (κ1) is 24.2. The van der Waals surface area contributed by atoms with Crippen molar-refractivity contribution in [1.82, 2.24) is 6.15 Å². The summed E-state index contributed by atoms with van der Waals surface area (Å²) in [5.41, 5.74) is 0. The highest BCUT2D eigenvalue weighted by atomic mass is 16.6. The van der Waals surface area contributed by atoms with Gasteiger partial charge in [-0.15, -0.1) is 0 Å². The first-order valence-corrected chi connectivity index (χ1v) is 9.02. The van der Waals surface area contributed by atoms with Gasteiger partial charge in [0.2, 0.25) is 0 Å². The van der Waals surface area contributed by atoms with Gasteiger partial charge in [-0.3, -0.25) is 4.79 Å². The standard InChI is InChI=1S/C18H34O4.H3N/c1-3-5-7-9-10-12-14-17(19)22-16-18(20)21-15-13-11-8-6-4-2;/h3-16H2,1-2H3;1H3. The van der Waals surface area contributed by atoms with Gasteiger partial charge in [-0.1, -0.05) is 71.6 Å². The highest BCUT2D eigenvalue weighted by Crippen LogP contribution is 2.07. The third-order valence-electron chi connectivity index (χ3n) is 3.60. The van der Waals surface area contributed by atoms with Crippen LogP contribution in [0.2, 0.25) is 0 Å². The zero-order valence-electron chi connectivity index (χ0n) is 15.2. The van der Waals surface area contributed by atoms with Gasteiger partial charge < -0.3 is 15.6 Å². The van der Waals surface area contributed by atoms with E-state index in [2.05, 4.69) is 13.8 Å². The Morgan fingerprint density at radius 2 is 1.17 bits per heavy atom. The molecule has 5 heteroatoms. The van der Waals surface area contributed by atoms with Crippen molar-refractivity contribution in [3.05, 3.63) is 0 Å². The normalized spacial score (nSPS) is 10.0. The van der Waals surface area contributed by atoms with Crippen molar-refractivity contribution in [3.8, 4) is 0 Å². The van der Waals surface area contributed by atoms with Crippen LogP contribution in [-0.4, -0.2) is 25.2 Å². The third-order valence-corrected chi connectivity index (χ3v) is 3.60. The molecule has 0 bridgehead atoms. The maximum absolute atomic E-state index is 11.5. The highest BCUT2D eigenvalue weighted by molar-refractivity contribution is 5.76. The molecular weight excluding hydrogens is 294 g/mol. The number of carbonyl (C=O) groups excluding carboxylic acids is 2. The lowest BCUT2D eigenvalue weighted by molar-refractivity contribution is -0.158. The fourth-order valence-corrected chi connectivity index (χ4v) is 2.19. The lowest BCUT2D eigenvalue weighted by Gasteiger charge is -2.06. The van der Waals surface area contributed by atoms with Crippen molar-refractivity contribution in [2.75, 3.05) is 13.2 Å². The minimum absolute atomic E-state index is 0. The molecule has 0 aromatic rings. The molecule has 0 radical (unpaired) electrons. The van der Waals surface area contributed by atoms with Crippen molar-refractivity contribution in [2.24, 2.45) is 0 Å². The monoisotopic (exact) mass is 331 g/mol. The quantitative estimate of drug-likeness (QED) is 0.338. The fraction of sp³-hybridized carbons (Fsp3) is 0.889. The second-order valence-electron chi connectivity index (χ2n) is 5.81. The summed E-state index contributed by atoms with van der Waals surface area (Å²) >= 11 is 0. The van der Waals surface area contributed by atoms with E-state index in [-0.39, 0.29) is 18.7 Å². The van der Waals surface area contributed by atoms with Crippen LogP contribution >= 0.6 is 0 Å². The summed E-state index contributed by atoms with van der Waals surface area (Å²) in [5.74, 6) is -0.734. The molecule has 0 aliphatic carbocycles. The molecule has 0 heterocycles. The Hall–Kier alpha value is -1.10. The van der Waals surface area contributed by atoms with E-state index in [4.69, 9.17) is 9.47 Å². The van der Waals surface area contributed by atoms with E-state index >= 15 is 0 Å². The number of rotatable bonds is 15. The summed E-state index contributed by atoms with van der Waals surface area (Å²) in [6, 6.07) is 0. The Bertz CT molecular complexity index is 254. The van der Waals surface area contributed by atoms with Crippen LogP contribution in [0.3, 0.4) is 0 Å². The summed E-state index contributed by atoms with van der Waals surface area (Å²) in [5, 5.41) is 0. The van der Waals surface area contributed by atoms with Crippen LogP contribution in [0.5, 0.6) is 0 Å². The van der Waals surface area contributed by atoms with Crippen LogP contribution in [0.25, 0.3) is 0 Å². The molecular formula is C18H37NO4. The molecule has 138 valence electrons. The van der Waals surface area contributed by atoms with Crippen LogP contribution in [-0.2, 0) is 19.1 Å². The summed E-state index contributed by atoms with van der Waals surface area (Å²) in [7, 11) is 0. The Kier molecular flexibility index (Phi) is 19.9. The van der Waals surface area contributed by atoms with Gasteiger partial charge in [0.1, 0.15) is 0 Å². The van der Waals surface area contributed by atoms with Crippen molar-refractivity contribution in [1.29, 1.82) is 0 Å². The molecule has 0 aliphatic rings. The van der Waals surface area contributed by atoms with E-state index in [1.807, 2.05) is 0 Å². The molecule has 0 aliphatic heterocycles. The molecule has 5 nitrogen and oxygen atoms in total. The van der Waals surface area contributed by atoms with Gasteiger partial charge in [-0.2, -0.15) is 0 Å². The topological polar surface area (TPSA) is 87.6 Å². The molecule has 0 saturated heterocycles. The molecule has 3 N–H and O–H groups in total. The molecule has 0 aromatic heterocycles. The van der Waals surface area contributed by atoms with E-state index in [1.54, 1.807) is 0 Å². The zero-order chi connectivity index (χ0) is 16.5. The third kappa shape index (κ3) is 18.9. The summed E-state index contributed by atoms with van der Waals surface area (Å²) in [6.45, 7) is 4.53. The second kappa shape index (κ2) is 18.9. The van der Waals surface area contributed by atoms with Gasteiger partial charge in [-0.25, -0.2) is 4.79 Å². The maximum atomic E-state index is 11.5. The van der Waals surface area contributed by atoms with Crippen molar-refractivity contribution < 1.29 is 19.1 Å². The lowest BCUT2D eigenvalue weighted by atomic mass is 10.1. The molecule has 0 unspecified atom stereocenters. The molecule has 0 spiro atoms. The van der Waals surface area contributed by atoms with Gasteiger partial charge in [0, 0.05) is 6.42 Å². The minimum atomic E-state index is -0.438. The number of esters is 2. The number of hydrogen-bond acceptors (Lipinski definition) is 5. The van der Waals surface area contributed by atoms with Crippen molar-refractivity contribution >= 4 is 11.9 Å². The molecule has 0 amide bonds. The van der Waals surface area contributed by atoms with Crippen LogP contribution in [0.15, 0.2) is 0 Å².